The van der Waals surface area contributed by atoms with Crippen LogP contribution in [0.25, 0.3) is 0 Å². The fraction of sp³-hybridized carbons (Fsp3) is 0.750. The molecule has 0 saturated heterocycles. The van der Waals surface area contributed by atoms with Crippen molar-refractivity contribution in [1.82, 2.24) is 0 Å². The molecule has 0 aromatic carbocycles. The molecule has 1 aliphatic rings. The normalized spacial score (nSPS) is 22.8. The summed E-state index contributed by atoms with van der Waals surface area (Å²) in [5.74, 6) is 0. The summed E-state index contributed by atoms with van der Waals surface area (Å²) in [7, 11) is 0. The van der Waals surface area contributed by atoms with Crippen molar-refractivity contribution in [3.8, 4) is 0 Å². The molecule has 1 aliphatic carbocycles. The summed E-state index contributed by atoms with van der Waals surface area (Å²) in [5, 5.41) is 9.77. The van der Waals surface area contributed by atoms with Gasteiger partial charge in [0.25, 0.3) is 0 Å². The highest BCUT2D eigenvalue weighted by Crippen LogP contribution is 2.26. The van der Waals surface area contributed by atoms with Crippen molar-refractivity contribution in [2.45, 2.75) is 37.8 Å². The van der Waals surface area contributed by atoms with Crippen molar-refractivity contribution in [2.75, 3.05) is 0 Å². The van der Waals surface area contributed by atoms with Crippen LogP contribution in [-0.4, -0.2) is 16.7 Å². The molecule has 0 unspecified atom stereocenters. The Bertz CT molecular complexity index is 139. The van der Waals surface area contributed by atoms with Gasteiger partial charge in [0.1, 0.15) is 0 Å². The quantitative estimate of drug-likeness (QED) is 0.624. The van der Waals surface area contributed by atoms with Crippen molar-refractivity contribution < 1.29 is 5.11 Å². The van der Waals surface area contributed by atoms with Crippen molar-refractivity contribution in [2.24, 2.45) is 5.73 Å². The molecule has 0 heterocycles. The second-order valence-electron chi connectivity index (χ2n) is 3.00. The number of hydrogen-bond acceptors (Lipinski definition) is 2. The van der Waals surface area contributed by atoms with Crippen molar-refractivity contribution in [1.29, 1.82) is 0 Å². The van der Waals surface area contributed by atoms with Crippen LogP contribution in [0.3, 0.4) is 0 Å². The Morgan fingerprint density at radius 2 is 2.00 bits per heavy atom. The Hall–Kier alpha value is -0.0500. The van der Waals surface area contributed by atoms with Crippen LogP contribution in [0.5, 0.6) is 0 Å². The second kappa shape index (κ2) is 4.10. The van der Waals surface area contributed by atoms with Gasteiger partial charge in [0.05, 0.1) is 5.60 Å². The third-order valence-electron chi connectivity index (χ3n) is 2.24. The zero-order chi connectivity index (χ0) is 7.61. The van der Waals surface area contributed by atoms with Gasteiger partial charge in [0.15, 0.2) is 0 Å². The van der Waals surface area contributed by atoms with Gasteiger partial charge in [0.2, 0.25) is 0 Å². The Kier molecular flexibility index (Phi) is 4.08. The highest BCUT2D eigenvalue weighted by molar-refractivity contribution is 5.85. The second-order valence-corrected chi connectivity index (χ2v) is 3.00. The molecule has 0 amide bonds. The van der Waals surface area contributed by atoms with Crippen LogP contribution in [-0.2, 0) is 0 Å². The van der Waals surface area contributed by atoms with Gasteiger partial charge >= 0.3 is 0 Å². The molecule has 3 N–H and O–H groups in total. The summed E-state index contributed by atoms with van der Waals surface area (Å²) in [6, 6.07) is -0.0671. The predicted molar refractivity (Wildman–Crippen MR) is 48.8 cm³/mol. The van der Waals surface area contributed by atoms with Gasteiger partial charge in [-0.25, -0.2) is 0 Å². The molecule has 0 aromatic rings. The average Bonchev–Trinajstić information content (AvgIpc) is 2.36. The lowest BCUT2D eigenvalue weighted by Gasteiger charge is -2.28. The molecule has 0 spiro atoms. The van der Waals surface area contributed by atoms with E-state index in [2.05, 4.69) is 0 Å². The number of nitrogens with two attached hydrogens (primary N) is 1. The smallest absolute Gasteiger partial charge is 0.0866 e. The number of rotatable bonds is 2. The molecule has 1 atom stereocenters. The molecule has 0 aliphatic heterocycles. The van der Waals surface area contributed by atoms with Gasteiger partial charge in [0, 0.05) is 6.04 Å². The summed E-state index contributed by atoms with van der Waals surface area (Å²) in [6.07, 6.45) is 6.28. The van der Waals surface area contributed by atoms with E-state index in [0.717, 1.165) is 19.3 Å². The summed E-state index contributed by atoms with van der Waals surface area (Å²) < 4.78 is 0. The Balaban J connectivity index is 0.000001000. The number of hydrogen-bond donors (Lipinski definition) is 2. The van der Waals surface area contributed by atoms with Crippen molar-refractivity contribution in [3.63, 3.8) is 0 Å². The van der Waals surface area contributed by atoms with Gasteiger partial charge in [-0.15, -0.1) is 12.4 Å². The van der Waals surface area contributed by atoms with Gasteiger partial charge in [-0.3, -0.25) is 0 Å². The van der Waals surface area contributed by atoms with Crippen molar-refractivity contribution in [3.05, 3.63) is 12.2 Å². The minimum atomic E-state index is -0.630. The van der Waals surface area contributed by atoms with E-state index >= 15 is 0 Å². The maximum atomic E-state index is 9.77. The van der Waals surface area contributed by atoms with E-state index in [0.29, 0.717) is 0 Å². The van der Waals surface area contributed by atoms with E-state index < -0.39 is 5.60 Å². The predicted octanol–water partition coefficient (Wildman–Crippen LogP) is 1.23. The lowest BCUT2D eigenvalue weighted by Crippen LogP contribution is -2.45. The van der Waals surface area contributed by atoms with Crippen LogP contribution in [0.4, 0.5) is 0 Å². The van der Waals surface area contributed by atoms with Crippen LogP contribution in [0, 0.1) is 0 Å². The van der Waals surface area contributed by atoms with E-state index in [1.165, 1.54) is 0 Å². The van der Waals surface area contributed by atoms with Crippen LogP contribution >= 0.6 is 12.4 Å². The third-order valence-corrected chi connectivity index (χ3v) is 2.24. The fourth-order valence-electron chi connectivity index (χ4n) is 1.34. The molecule has 0 aromatic heterocycles. The molecule has 0 fully saturated rings. The Morgan fingerprint density at radius 1 is 1.55 bits per heavy atom. The first-order chi connectivity index (χ1) is 4.69. The largest absolute Gasteiger partial charge is 0.388 e. The van der Waals surface area contributed by atoms with E-state index in [1.54, 1.807) is 0 Å². The van der Waals surface area contributed by atoms with Gasteiger partial charge in [-0.2, -0.15) is 0 Å². The van der Waals surface area contributed by atoms with Crippen LogP contribution in [0.15, 0.2) is 12.2 Å². The first-order valence-corrected chi connectivity index (χ1v) is 3.82. The topological polar surface area (TPSA) is 46.2 Å². The molecule has 0 saturated carbocycles. The van der Waals surface area contributed by atoms with Gasteiger partial charge in [-0.1, -0.05) is 19.1 Å². The SMILES string of the molecule is CC[C@@H](N)C1(O)CC=CC1.Cl. The van der Waals surface area contributed by atoms with Crippen LogP contribution in [0.1, 0.15) is 26.2 Å². The first-order valence-electron chi connectivity index (χ1n) is 3.82. The maximum Gasteiger partial charge on any atom is 0.0866 e. The standard InChI is InChI=1S/C8H15NO.ClH/c1-2-7(9)8(10)5-3-4-6-8;/h3-4,7,10H,2,5-6,9H2,1H3;1H/t7-;/m1./s1. The third kappa shape index (κ3) is 2.19. The molecule has 0 bridgehead atoms. The van der Waals surface area contributed by atoms with E-state index in [-0.39, 0.29) is 18.4 Å². The lowest BCUT2D eigenvalue weighted by molar-refractivity contribution is 0.0257. The van der Waals surface area contributed by atoms with Crippen molar-refractivity contribution >= 4 is 12.4 Å². The highest BCUT2D eigenvalue weighted by Gasteiger charge is 2.33. The molecule has 1 rings (SSSR count). The van der Waals surface area contributed by atoms with E-state index in [9.17, 15) is 5.11 Å². The molecule has 66 valence electrons. The number of aliphatic hydroxyl groups is 1. The first kappa shape index (κ1) is 11.0. The zero-order valence-corrected chi connectivity index (χ0v) is 7.60. The molecule has 11 heavy (non-hydrogen) atoms. The monoisotopic (exact) mass is 177 g/mol. The van der Waals surface area contributed by atoms with Gasteiger partial charge in [-0.05, 0) is 19.3 Å². The summed E-state index contributed by atoms with van der Waals surface area (Å²) in [6.45, 7) is 2.00. The molecular formula is C8H16ClNO. The van der Waals surface area contributed by atoms with E-state index in [1.807, 2.05) is 19.1 Å². The summed E-state index contributed by atoms with van der Waals surface area (Å²) >= 11 is 0. The fourth-order valence-corrected chi connectivity index (χ4v) is 1.34. The van der Waals surface area contributed by atoms with E-state index in [4.69, 9.17) is 5.73 Å². The van der Waals surface area contributed by atoms with Gasteiger partial charge < -0.3 is 10.8 Å². The molecule has 3 heteroatoms. The minimum Gasteiger partial charge on any atom is -0.388 e. The summed E-state index contributed by atoms with van der Waals surface area (Å²) in [4.78, 5) is 0. The van der Waals surface area contributed by atoms with Crippen LogP contribution < -0.4 is 5.73 Å². The molecule has 2 nitrogen and oxygen atoms in total. The Morgan fingerprint density at radius 3 is 2.36 bits per heavy atom. The Labute approximate surface area is 73.9 Å². The van der Waals surface area contributed by atoms with Crippen LogP contribution in [0.2, 0.25) is 0 Å². The zero-order valence-electron chi connectivity index (χ0n) is 6.79. The molecule has 0 radical (unpaired) electrons. The highest BCUT2D eigenvalue weighted by atomic mass is 35.5. The number of halogens is 1. The summed E-state index contributed by atoms with van der Waals surface area (Å²) in [5.41, 5.74) is 5.09. The average molecular weight is 178 g/mol. The minimum absolute atomic E-state index is 0. The molecular weight excluding hydrogens is 162 g/mol. The lowest BCUT2D eigenvalue weighted by atomic mass is 9.91. The maximum absolute atomic E-state index is 9.77.